The smallest absolute Gasteiger partial charge is 0.350 e. The summed E-state index contributed by atoms with van der Waals surface area (Å²) in [5.74, 6) is -0.648. The van der Waals surface area contributed by atoms with Gasteiger partial charge in [-0.15, -0.1) is 0 Å². The van der Waals surface area contributed by atoms with Crippen molar-refractivity contribution < 1.29 is 9.59 Å². The maximum absolute atomic E-state index is 13.5. The molecule has 0 unspecified atom stereocenters. The lowest BCUT2D eigenvalue weighted by Crippen LogP contribution is -2.25. The van der Waals surface area contributed by atoms with E-state index in [4.69, 9.17) is 5.73 Å². The third-order valence-corrected chi connectivity index (χ3v) is 6.28. The number of benzene rings is 2. The van der Waals surface area contributed by atoms with E-state index in [1.165, 1.54) is 26.2 Å². The Hall–Kier alpha value is -5.39. The second-order valence-electron chi connectivity index (χ2n) is 8.80. The number of nitrogens with two attached hydrogens (primary N) is 1. The van der Waals surface area contributed by atoms with Crippen molar-refractivity contribution in [3.63, 3.8) is 0 Å². The molecular formula is C27H24N8O4. The summed E-state index contributed by atoms with van der Waals surface area (Å²) < 4.78 is 3.98. The number of fused-ring (bicyclic) bond motifs is 1. The fourth-order valence-corrected chi connectivity index (χ4v) is 4.43. The molecule has 12 nitrogen and oxygen atoms in total. The first kappa shape index (κ1) is 25.3. The lowest BCUT2D eigenvalue weighted by molar-refractivity contribution is 0.0995. The number of hydrogen-bond donors (Lipinski definition) is 2. The average molecular weight is 525 g/mol. The number of carbonyl (C=O) groups is 2. The monoisotopic (exact) mass is 524 g/mol. The second-order valence-corrected chi connectivity index (χ2v) is 8.80. The zero-order valence-corrected chi connectivity index (χ0v) is 21.4. The number of anilines is 1. The molecule has 0 radical (unpaired) electrons. The summed E-state index contributed by atoms with van der Waals surface area (Å²) in [5.41, 5.74) is 6.84. The fourth-order valence-electron chi connectivity index (χ4n) is 4.43. The Kier molecular flexibility index (Phi) is 6.36. The number of nitrogens with one attached hydrogen (secondary N) is 1. The highest BCUT2D eigenvalue weighted by Crippen LogP contribution is 2.21. The predicted octanol–water partition coefficient (Wildman–Crippen LogP) is 1.89. The van der Waals surface area contributed by atoms with E-state index in [0.717, 1.165) is 0 Å². The van der Waals surface area contributed by atoms with Gasteiger partial charge in [0.05, 0.1) is 22.5 Å². The summed E-state index contributed by atoms with van der Waals surface area (Å²) in [5, 5.41) is 12.0. The number of nitrogens with zero attached hydrogens (tertiary/aromatic N) is 6. The van der Waals surface area contributed by atoms with Gasteiger partial charge >= 0.3 is 5.69 Å². The van der Waals surface area contributed by atoms with Gasteiger partial charge in [0.25, 0.3) is 11.5 Å². The summed E-state index contributed by atoms with van der Waals surface area (Å²) in [6.45, 7) is 3.59. The van der Waals surface area contributed by atoms with Crippen LogP contribution >= 0.6 is 0 Å². The number of aryl methyl sites for hydroxylation is 3. The number of aromatic nitrogens is 6. The molecule has 0 bridgehead atoms. The molecule has 39 heavy (non-hydrogen) atoms. The molecule has 0 saturated heterocycles. The summed E-state index contributed by atoms with van der Waals surface area (Å²) >= 11 is 0. The number of amides is 2. The van der Waals surface area contributed by atoms with Crippen molar-refractivity contribution in [1.29, 1.82) is 0 Å². The Labute approximate surface area is 221 Å². The number of pyridine rings is 1. The number of hydrogen-bond acceptors (Lipinski definition) is 7. The van der Waals surface area contributed by atoms with E-state index >= 15 is 0 Å². The van der Waals surface area contributed by atoms with Crippen molar-refractivity contribution in [3.8, 4) is 11.4 Å². The van der Waals surface area contributed by atoms with E-state index in [1.807, 2.05) is 6.92 Å². The van der Waals surface area contributed by atoms with Gasteiger partial charge in [-0.1, -0.05) is 13.0 Å². The Balaban J connectivity index is 1.57. The molecule has 3 N–H and O–H groups in total. The van der Waals surface area contributed by atoms with Crippen molar-refractivity contribution >= 4 is 28.3 Å². The molecule has 0 atom stereocenters. The van der Waals surface area contributed by atoms with Crippen LogP contribution in [-0.4, -0.2) is 40.9 Å². The highest BCUT2D eigenvalue weighted by molar-refractivity contribution is 6.12. The molecule has 5 rings (SSSR count). The van der Waals surface area contributed by atoms with E-state index in [2.05, 4.69) is 20.5 Å². The zero-order chi connectivity index (χ0) is 27.8. The minimum atomic E-state index is -0.622. The molecule has 3 heterocycles. The van der Waals surface area contributed by atoms with Gasteiger partial charge in [0.1, 0.15) is 11.5 Å². The SMILES string of the molecule is CCc1nn(-c2ccc(-n3c(C)nn(C)c3=O)cc2)c(=O)c2ccnc(C(=O)Nc3cccc(C(N)=O)c3)c12. The molecule has 0 aliphatic carbocycles. The van der Waals surface area contributed by atoms with E-state index in [0.29, 0.717) is 40.4 Å². The molecule has 5 aromatic rings. The Morgan fingerprint density at radius 2 is 1.72 bits per heavy atom. The summed E-state index contributed by atoms with van der Waals surface area (Å²) in [7, 11) is 1.58. The van der Waals surface area contributed by atoms with Crippen LogP contribution in [0.15, 0.2) is 70.4 Å². The van der Waals surface area contributed by atoms with Crippen LogP contribution in [0.5, 0.6) is 0 Å². The molecule has 3 aromatic heterocycles. The minimum Gasteiger partial charge on any atom is -0.366 e. The van der Waals surface area contributed by atoms with Crippen LogP contribution in [0.3, 0.4) is 0 Å². The van der Waals surface area contributed by atoms with Crippen LogP contribution in [0.2, 0.25) is 0 Å². The average Bonchev–Trinajstić information content (AvgIpc) is 3.19. The lowest BCUT2D eigenvalue weighted by Gasteiger charge is -2.13. The third kappa shape index (κ3) is 4.48. The quantitative estimate of drug-likeness (QED) is 0.343. The fraction of sp³-hybridized carbons (Fsp3) is 0.148. The predicted molar refractivity (Wildman–Crippen MR) is 145 cm³/mol. The van der Waals surface area contributed by atoms with Crippen LogP contribution in [0.1, 0.15) is 39.3 Å². The molecule has 0 fully saturated rings. The van der Waals surface area contributed by atoms with Gasteiger partial charge in [0.15, 0.2) is 0 Å². The summed E-state index contributed by atoms with van der Waals surface area (Å²) in [6.07, 6.45) is 1.81. The Morgan fingerprint density at radius 3 is 2.36 bits per heavy atom. The van der Waals surface area contributed by atoms with Gasteiger partial charge in [0.2, 0.25) is 5.91 Å². The van der Waals surface area contributed by atoms with Gasteiger partial charge in [-0.05, 0) is 61.9 Å². The molecule has 0 aliphatic rings. The first-order valence-corrected chi connectivity index (χ1v) is 12.0. The van der Waals surface area contributed by atoms with Crippen LogP contribution in [-0.2, 0) is 13.5 Å². The maximum atomic E-state index is 13.5. The number of rotatable bonds is 6. The first-order valence-electron chi connectivity index (χ1n) is 12.0. The van der Waals surface area contributed by atoms with E-state index in [1.54, 1.807) is 62.5 Å². The van der Waals surface area contributed by atoms with Crippen LogP contribution < -0.4 is 22.3 Å². The Bertz CT molecular complexity index is 1880. The van der Waals surface area contributed by atoms with Crippen LogP contribution in [0.4, 0.5) is 5.69 Å². The highest BCUT2D eigenvalue weighted by Gasteiger charge is 2.20. The van der Waals surface area contributed by atoms with Crippen molar-refractivity contribution in [3.05, 3.63) is 104 Å². The molecule has 196 valence electrons. The van der Waals surface area contributed by atoms with Gasteiger partial charge in [-0.25, -0.2) is 14.0 Å². The highest BCUT2D eigenvalue weighted by atomic mass is 16.2. The second kappa shape index (κ2) is 9.82. The molecule has 2 aromatic carbocycles. The summed E-state index contributed by atoms with van der Waals surface area (Å²) in [4.78, 5) is 54.9. The van der Waals surface area contributed by atoms with Crippen molar-refractivity contribution in [2.75, 3.05) is 5.32 Å². The summed E-state index contributed by atoms with van der Waals surface area (Å²) in [6, 6.07) is 14.6. The standard InChI is InChI=1S/C27H24N8O4/c1-4-21-22-20(12-13-29-23(22)25(37)30-17-7-5-6-16(14-17)24(28)36)26(38)35(32-21)19-10-8-18(9-11-19)34-15(2)31-33(3)27(34)39/h5-14H,4H2,1-3H3,(H2,28,36)(H,30,37). The molecule has 2 amide bonds. The molecular weight excluding hydrogens is 500 g/mol. The van der Waals surface area contributed by atoms with Gasteiger partial charge in [0, 0.05) is 29.9 Å². The molecule has 0 saturated carbocycles. The maximum Gasteiger partial charge on any atom is 0.350 e. The van der Waals surface area contributed by atoms with Crippen molar-refractivity contribution in [1.82, 2.24) is 29.1 Å². The Morgan fingerprint density at radius 1 is 1.00 bits per heavy atom. The van der Waals surface area contributed by atoms with Crippen LogP contribution in [0.25, 0.3) is 22.1 Å². The van der Waals surface area contributed by atoms with Crippen molar-refractivity contribution in [2.24, 2.45) is 12.8 Å². The van der Waals surface area contributed by atoms with E-state index in [9.17, 15) is 19.2 Å². The normalized spacial score (nSPS) is 11.1. The first-order chi connectivity index (χ1) is 18.7. The van der Waals surface area contributed by atoms with Gasteiger partial charge < -0.3 is 11.1 Å². The molecule has 0 aliphatic heterocycles. The van der Waals surface area contributed by atoms with E-state index in [-0.39, 0.29) is 22.3 Å². The number of carbonyl (C=O) groups excluding carboxylic acids is 2. The van der Waals surface area contributed by atoms with E-state index < -0.39 is 17.4 Å². The number of primary amides is 1. The topological polar surface area (TPSA) is 160 Å². The molecule has 12 heteroatoms. The largest absolute Gasteiger partial charge is 0.366 e. The lowest BCUT2D eigenvalue weighted by atomic mass is 10.1. The zero-order valence-electron chi connectivity index (χ0n) is 21.4. The van der Waals surface area contributed by atoms with Crippen molar-refractivity contribution in [2.45, 2.75) is 20.3 Å². The third-order valence-electron chi connectivity index (χ3n) is 6.28. The molecule has 0 spiro atoms. The van der Waals surface area contributed by atoms with Gasteiger partial charge in [-0.3, -0.25) is 19.4 Å². The van der Waals surface area contributed by atoms with Crippen LogP contribution in [0, 0.1) is 6.92 Å². The minimum absolute atomic E-state index is 0.0346. The van der Waals surface area contributed by atoms with Gasteiger partial charge in [-0.2, -0.15) is 14.9 Å².